The van der Waals surface area contributed by atoms with Crippen LogP contribution in [0.25, 0.3) is 0 Å². The Morgan fingerprint density at radius 3 is 2.36 bits per heavy atom. The molecule has 0 saturated carbocycles. The number of rotatable bonds is 5. The standard InChI is InChI=1S/C15H15FN2O3S/c1-10-8-13(6-7-14(10)16)22(20,21)18-12-4-2-11(3-5-12)9-15(17)19/h2-8,18H,9H2,1H3,(H2,17,19). The Labute approximate surface area is 128 Å². The second-order valence-corrected chi connectivity index (χ2v) is 6.54. The fraction of sp³-hybridized carbons (Fsp3) is 0.133. The Morgan fingerprint density at radius 1 is 1.18 bits per heavy atom. The van der Waals surface area contributed by atoms with E-state index in [9.17, 15) is 17.6 Å². The molecule has 0 fully saturated rings. The number of anilines is 1. The number of amides is 1. The number of carbonyl (C=O) groups is 1. The number of hydrogen-bond acceptors (Lipinski definition) is 3. The largest absolute Gasteiger partial charge is 0.369 e. The van der Waals surface area contributed by atoms with Crippen LogP contribution in [0.15, 0.2) is 47.4 Å². The van der Waals surface area contributed by atoms with Crippen LogP contribution in [0.1, 0.15) is 11.1 Å². The number of primary amides is 1. The predicted octanol–water partition coefficient (Wildman–Crippen LogP) is 1.96. The van der Waals surface area contributed by atoms with Gasteiger partial charge < -0.3 is 5.73 Å². The van der Waals surface area contributed by atoms with Gasteiger partial charge in [0.05, 0.1) is 11.3 Å². The summed E-state index contributed by atoms with van der Waals surface area (Å²) in [6.07, 6.45) is 0.0875. The second-order valence-electron chi connectivity index (χ2n) is 4.86. The number of nitrogens with two attached hydrogens (primary N) is 1. The summed E-state index contributed by atoms with van der Waals surface area (Å²) in [5.74, 6) is -0.926. The summed E-state index contributed by atoms with van der Waals surface area (Å²) < 4.78 is 40.0. The third-order valence-electron chi connectivity index (χ3n) is 3.02. The molecule has 0 spiro atoms. The molecule has 0 atom stereocenters. The van der Waals surface area contributed by atoms with Crippen molar-refractivity contribution in [2.24, 2.45) is 5.73 Å². The molecule has 0 aromatic heterocycles. The van der Waals surface area contributed by atoms with E-state index in [-0.39, 0.29) is 16.9 Å². The molecular formula is C15H15FN2O3S. The quantitative estimate of drug-likeness (QED) is 0.882. The number of aryl methyl sites for hydroxylation is 1. The monoisotopic (exact) mass is 322 g/mol. The van der Waals surface area contributed by atoms with Gasteiger partial charge in [-0.15, -0.1) is 0 Å². The molecule has 3 N–H and O–H groups in total. The Kier molecular flexibility index (Phi) is 4.46. The lowest BCUT2D eigenvalue weighted by Gasteiger charge is -2.09. The van der Waals surface area contributed by atoms with Crippen molar-refractivity contribution in [3.8, 4) is 0 Å². The summed E-state index contributed by atoms with van der Waals surface area (Å²) in [5.41, 5.74) is 6.37. The zero-order valence-electron chi connectivity index (χ0n) is 11.8. The molecule has 0 unspecified atom stereocenters. The first-order chi connectivity index (χ1) is 10.3. The Balaban J connectivity index is 2.21. The molecule has 2 aromatic carbocycles. The number of carbonyl (C=O) groups excluding carboxylic acids is 1. The molecule has 0 aliphatic carbocycles. The minimum absolute atomic E-state index is 0.0207. The molecule has 0 bridgehead atoms. The molecule has 2 rings (SSSR count). The van der Waals surface area contributed by atoms with Gasteiger partial charge in [0, 0.05) is 5.69 Å². The van der Waals surface area contributed by atoms with Crippen molar-refractivity contribution in [3.63, 3.8) is 0 Å². The van der Waals surface area contributed by atoms with Gasteiger partial charge in [-0.2, -0.15) is 0 Å². The maximum Gasteiger partial charge on any atom is 0.261 e. The van der Waals surface area contributed by atoms with Gasteiger partial charge in [0.2, 0.25) is 5.91 Å². The minimum Gasteiger partial charge on any atom is -0.369 e. The normalized spacial score (nSPS) is 11.2. The van der Waals surface area contributed by atoms with Crippen LogP contribution < -0.4 is 10.5 Å². The minimum atomic E-state index is -3.80. The fourth-order valence-electron chi connectivity index (χ4n) is 1.89. The van der Waals surface area contributed by atoms with Gasteiger partial charge >= 0.3 is 0 Å². The first-order valence-electron chi connectivity index (χ1n) is 6.44. The van der Waals surface area contributed by atoms with Gasteiger partial charge in [0.15, 0.2) is 0 Å². The summed E-state index contributed by atoms with van der Waals surface area (Å²) in [4.78, 5) is 10.8. The molecule has 0 radical (unpaired) electrons. The van der Waals surface area contributed by atoms with Gasteiger partial charge in [0.25, 0.3) is 10.0 Å². The summed E-state index contributed by atoms with van der Waals surface area (Å²) >= 11 is 0. The number of nitrogens with one attached hydrogen (secondary N) is 1. The van der Waals surface area contributed by atoms with Gasteiger partial charge in [0.1, 0.15) is 5.82 Å². The summed E-state index contributed by atoms with van der Waals surface area (Å²) in [6.45, 7) is 1.49. The maximum absolute atomic E-state index is 13.2. The highest BCUT2D eigenvalue weighted by molar-refractivity contribution is 7.92. The van der Waals surface area contributed by atoms with Gasteiger partial charge in [-0.3, -0.25) is 9.52 Å². The average Bonchev–Trinajstić information content (AvgIpc) is 2.43. The smallest absolute Gasteiger partial charge is 0.261 e. The molecule has 22 heavy (non-hydrogen) atoms. The van der Waals surface area contributed by atoms with Crippen LogP contribution in [0.4, 0.5) is 10.1 Å². The van der Waals surface area contributed by atoms with Crippen LogP contribution in [-0.2, 0) is 21.2 Å². The van der Waals surface area contributed by atoms with Gasteiger partial charge in [-0.05, 0) is 48.4 Å². The van der Waals surface area contributed by atoms with E-state index in [0.717, 1.165) is 6.07 Å². The second kappa shape index (κ2) is 6.15. The lowest BCUT2D eigenvalue weighted by atomic mass is 10.1. The van der Waals surface area contributed by atoms with Crippen molar-refractivity contribution in [2.75, 3.05) is 4.72 Å². The van der Waals surface area contributed by atoms with E-state index in [1.807, 2.05) is 0 Å². The van der Waals surface area contributed by atoms with Crippen LogP contribution in [0.2, 0.25) is 0 Å². The topological polar surface area (TPSA) is 89.3 Å². The zero-order chi connectivity index (χ0) is 16.3. The van der Waals surface area contributed by atoms with Crippen molar-refractivity contribution < 1.29 is 17.6 Å². The summed E-state index contributed by atoms with van der Waals surface area (Å²) in [7, 11) is -3.80. The van der Waals surface area contributed by atoms with E-state index < -0.39 is 21.7 Å². The number of hydrogen-bond donors (Lipinski definition) is 2. The molecule has 1 amide bonds. The average molecular weight is 322 g/mol. The maximum atomic E-state index is 13.2. The lowest BCUT2D eigenvalue weighted by Crippen LogP contribution is -2.14. The molecular weight excluding hydrogens is 307 g/mol. The number of halogens is 1. The molecule has 0 saturated heterocycles. The van der Waals surface area contributed by atoms with E-state index in [1.54, 1.807) is 12.1 Å². The Bertz CT molecular complexity index is 802. The highest BCUT2D eigenvalue weighted by Crippen LogP contribution is 2.19. The van der Waals surface area contributed by atoms with E-state index in [1.165, 1.54) is 31.2 Å². The first-order valence-corrected chi connectivity index (χ1v) is 7.92. The summed E-state index contributed by atoms with van der Waals surface area (Å²) in [5, 5.41) is 0. The Hall–Kier alpha value is -2.41. The molecule has 5 nitrogen and oxygen atoms in total. The van der Waals surface area contributed by atoms with Crippen LogP contribution in [0, 0.1) is 12.7 Å². The van der Waals surface area contributed by atoms with E-state index in [0.29, 0.717) is 11.3 Å². The SMILES string of the molecule is Cc1cc(S(=O)(=O)Nc2ccc(CC(N)=O)cc2)ccc1F. The third-order valence-corrected chi connectivity index (χ3v) is 4.40. The van der Waals surface area contributed by atoms with Crippen LogP contribution in [-0.4, -0.2) is 14.3 Å². The van der Waals surface area contributed by atoms with Gasteiger partial charge in [-0.25, -0.2) is 12.8 Å². The first kappa shape index (κ1) is 16.0. The van der Waals surface area contributed by atoms with Crippen LogP contribution >= 0.6 is 0 Å². The molecule has 7 heteroatoms. The Morgan fingerprint density at radius 2 is 1.82 bits per heavy atom. The highest BCUT2D eigenvalue weighted by Gasteiger charge is 2.15. The lowest BCUT2D eigenvalue weighted by molar-refractivity contribution is -0.117. The van der Waals surface area contributed by atoms with Crippen molar-refractivity contribution >= 4 is 21.6 Å². The third kappa shape index (κ3) is 3.82. The van der Waals surface area contributed by atoms with Crippen molar-refractivity contribution in [2.45, 2.75) is 18.2 Å². The van der Waals surface area contributed by atoms with Crippen molar-refractivity contribution in [1.29, 1.82) is 0 Å². The number of benzene rings is 2. The molecule has 0 aliphatic heterocycles. The van der Waals surface area contributed by atoms with Crippen LogP contribution in [0.5, 0.6) is 0 Å². The highest BCUT2D eigenvalue weighted by atomic mass is 32.2. The van der Waals surface area contributed by atoms with Crippen molar-refractivity contribution in [3.05, 3.63) is 59.4 Å². The van der Waals surface area contributed by atoms with E-state index in [2.05, 4.69) is 4.72 Å². The number of sulfonamides is 1. The van der Waals surface area contributed by atoms with Crippen molar-refractivity contribution in [1.82, 2.24) is 0 Å². The van der Waals surface area contributed by atoms with Gasteiger partial charge in [-0.1, -0.05) is 12.1 Å². The molecule has 0 heterocycles. The fourth-order valence-corrected chi connectivity index (χ4v) is 3.03. The molecule has 0 aliphatic rings. The van der Waals surface area contributed by atoms with Crippen LogP contribution in [0.3, 0.4) is 0 Å². The zero-order valence-corrected chi connectivity index (χ0v) is 12.7. The molecule has 116 valence electrons. The predicted molar refractivity (Wildman–Crippen MR) is 81.3 cm³/mol. The summed E-state index contributed by atoms with van der Waals surface area (Å²) in [6, 6.07) is 9.86. The molecule has 2 aromatic rings. The van der Waals surface area contributed by atoms with E-state index >= 15 is 0 Å². The van der Waals surface area contributed by atoms with E-state index in [4.69, 9.17) is 5.73 Å².